The third-order valence-corrected chi connectivity index (χ3v) is 3.81. The molecule has 0 aliphatic heterocycles. The van der Waals surface area contributed by atoms with Crippen LogP contribution in [-0.4, -0.2) is 30.9 Å². The van der Waals surface area contributed by atoms with Gasteiger partial charge in [0.15, 0.2) is 6.61 Å². The van der Waals surface area contributed by atoms with E-state index in [9.17, 15) is 14.4 Å². The summed E-state index contributed by atoms with van der Waals surface area (Å²) in [5, 5.41) is 5.41. The summed E-state index contributed by atoms with van der Waals surface area (Å²) in [6, 6.07) is 16.0. The summed E-state index contributed by atoms with van der Waals surface area (Å²) in [5.41, 5.74) is 1.82. The number of benzene rings is 2. The highest BCUT2D eigenvalue weighted by Crippen LogP contribution is 2.16. The number of ether oxygens (including phenoxy) is 1. The van der Waals surface area contributed by atoms with Crippen LogP contribution in [0.3, 0.4) is 0 Å². The summed E-state index contributed by atoms with van der Waals surface area (Å²) >= 11 is 0. The fourth-order valence-electron chi connectivity index (χ4n) is 2.44. The molecule has 2 aromatic carbocycles. The number of imide groups is 1. The topological polar surface area (TPSA) is 84.5 Å². The average Bonchev–Trinajstić information content (AvgIpc) is 2.67. The highest BCUT2D eigenvalue weighted by molar-refractivity contribution is 5.99. The molecule has 27 heavy (non-hydrogen) atoms. The monoisotopic (exact) mass is 368 g/mol. The second kappa shape index (κ2) is 10.8. The van der Waals surface area contributed by atoms with Gasteiger partial charge in [-0.15, -0.1) is 0 Å². The normalized spacial score (nSPS) is 10.1. The van der Waals surface area contributed by atoms with Crippen LogP contribution in [0.5, 0.6) is 0 Å². The van der Waals surface area contributed by atoms with Crippen LogP contribution in [0.1, 0.15) is 35.7 Å². The van der Waals surface area contributed by atoms with Crippen molar-refractivity contribution in [1.82, 2.24) is 5.32 Å². The molecule has 0 aliphatic rings. The van der Waals surface area contributed by atoms with E-state index in [-0.39, 0.29) is 6.42 Å². The smallest absolute Gasteiger partial charge is 0.340 e. The number of hydrogen-bond acceptors (Lipinski definition) is 5. The second-order valence-electron chi connectivity index (χ2n) is 6.04. The first-order valence-corrected chi connectivity index (χ1v) is 8.96. The van der Waals surface area contributed by atoms with E-state index in [0.717, 1.165) is 24.9 Å². The van der Waals surface area contributed by atoms with Crippen LogP contribution in [0.25, 0.3) is 0 Å². The van der Waals surface area contributed by atoms with Gasteiger partial charge in [-0.25, -0.2) is 4.79 Å². The molecule has 2 amide bonds. The summed E-state index contributed by atoms with van der Waals surface area (Å²) in [6.45, 7) is 2.32. The van der Waals surface area contributed by atoms with Crippen molar-refractivity contribution in [1.29, 1.82) is 0 Å². The number of hydrogen-bond donors (Lipinski definition) is 2. The second-order valence-corrected chi connectivity index (χ2v) is 6.04. The minimum Gasteiger partial charge on any atom is -0.452 e. The van der Waals surface area contributed by atoms with E-state index in [2.05, 4.69) is 17.6 Å². The molecule has 0 heterocycles. The number of esters is 1. The molecule has 0 atom stereocenters. The van der Waals surface area contributed by atoms with Crippen molar-refractivity contribution in [3.05, 3.63) is 65.7 Å². The van der Waals surface area contributed by atoms with Gasteiger partial charge < -0.3 is 10.1 Å². The molecule has 0 saturated carbocycles. The predicted molar refractivity (Wildman–Crippen MR) is 103 cm³/mol. The zero-order chi connectivity index (χ0) is 19.5. The molecule has 2 aromatic rings. The zero-order valence-electron chi connectivity index (χ0n) is 15.4. The minimum absolute atomic E-state index is 0.0880. The first-order chi connectivity index (χ1) is 13.1. The highest BCUT2D eigenvalue weighted by Gasteiger charge is 2.15. The summed E-state index contributed by atoms with van der Waals surface area (Å²) < 4.78 is 5.04. The Labute approximate surface area is 158 Å². The first kappa shape index (κ1) is 20.2. The molecule has 0 aromatic heterocycles. The molecule has 0 unspecified atom stereocenters. The van der Waals surface area contributed by atoms with Gasteiger partial charge in [-0.05, 0) is 24.1 Å². The maximum absolute atomic E-state index is 12.3. The maximum atomic E-state index is 12.3. The van der Waals surface area contributed by atoms with E-state index in [0.29, 0.717) is 11.3 Å². The van der Waals surface area contributed by atoms with E-state index in [1.165, 1.54) is 0 Å². The van der Waals surface area contributed by atoms with Crippen molar-refractivity contribution in [3.63, 3.8) is 0 Å². The van der Waals surface area contributed by atoms with E-state index in [1.807, 2.05) is 24.3 Å². The van der Waals surface area contributed by atoms with Gasteiger partial charge >= 0.3 is 5.97 Å². The average molecular weight is 368 g/mol. The lowest BCUT2D eigenvalue weighted by atomic mass is 10.1. The largest absolute Gasteiger partial charge is 0.452 e. The number of nitrogens with one attached hydrogen (secondary N) is 2. The molecular formula is C21H24N2O4. The van der Waals surface area contributed by atoms with Crippen LogP contribution in [-0.2, 0) is 20.7 Å². The Kier molecular flexibility index (Phi) is 8.03. The van der Waals surface area contributed by atoms with Gasteiger partial charge in [0.05, 0.1) is 12.0 Å². The number of anilines is 1. The summed E-state index contributed by atoms with van der Waals surface area (Å²) in [7, 11) is 0. The van der Waals surface area contributed by atoms with Crippen LogP contribution in [0.15, 0.2) is 54.6 Å². The number of amides is 2. The van der Waals surface area contributed by atoms with Gasteiger partial charge in [0.25, 0.3) is 5.91 Å². The van der Waals surface area contributed by atoms with Gasteiger partial charge in [-0.2, -0.15) is 0 Å². The fourth-order valence-corrected chi connectivity index (χ4v) is 2.44. The Morgan fingerprint density at radius 3 is 2.37 bits per heavy atom. The van der Waals surface area contributed by atoms with Crippen molar-refractivity contribution in [2.45, 2.75) is 26.2 Å². The molecule has 142 valence electrons. The SMILES string of the molecule is CCCCNc1ccccc1C(=O)OCC(=O)NC(=O)Cc1ccccc1. The Morgan fingerprint density at radius 1 is 0.926 bits per heavy atom. The van der Waals surface area contributed by atoms with Crippen LogP contribution < -0.4 is 10.6 Å². The summed E-state index contributed by atoms with van der Waals surface area (Å²) in [5.74, 6) is -1.70. The lowest BCUT2D eigenvalue weighted by Gasteiger charge is -2.11. The number of unbranched alkanes of at least 4 members (excludes halogenated alkanes) is 1. The maximum Gasteiger partial charge on any atom is 0.340 e. The predicted octanol–water partition coefficient (Wildman–Crippen LogP) is 2.94. The third kappa shape index (κ3) is 6.93. The molecule has 0 fully saturated rings. The van der Waals surface area contributed by atoms with Crippen molar-refractivity contribution in [2.24, 2.45) is 0 Å². The Hall–Kier alpha value is -3.15. The third-order valence-electron chi connectivity index (χ3n) is 3.81. The highest BCUT2D eigenvalue weighted by atomic mass is 16.5. The molecule has 0 spiro atoms. The van der Waals surface area contributed by atoms with E-state index in [4.69, 9.17) is 4.74 Å². The van der Waals surface area contributed by atoms with Crippen LogP contribution in [0.4, 0.5) is 5.69 Å². The Morgan fingerprint density at radius 2 is 1.63 bits per heavy atom. The zero-order valence-corrected chi connectivity index (χ0v) is 15.4. The van der Waals surface area contributed by atoms with Gasteiger partial charge in [0.1, 0.15) is 0 Å². The summed E-state index contributed by atoms with van der Waals surface area (Å²) in [6.07, 6.45) is 2.11. The molecule has 2 N–H and O–H groups in total. The number of carbonyl (C=O) groups excluding carboxylic acids is 3. The van der Waals surface area contributed by atoms with Gasteiger partial charge in [-0.3, -0.25) is 14.9 Å². The molecule has 6 heteroatoms. The molecular weight excluding hydrogens is 344 g/mol. The van der Waals surface area contributed by atoms with E-state index < -0.39 is 24.4 Å². The molecule has 0 aliphatic carbocycles. The van der Waals surface area contributed by atoms with Gasteiger partial charge in [0.2, 0.25) is 5.91 Å². The molecule has 0 bridgehead atoms. The van der Waals surface area contributed by atoms with Crippen molar-refractivity contribution >= 4 is 23.5 Å². The quantitative estimate of drug-likeness (QED) is 0.525. The Balaban J connectivity index is 1.82. The number of carbonyl (C=O) groups is 3. The van der Waals surface area contributed by atoms with Crippen molar-refractivity contribution < 1.29 is 19.1 Å². The first-order valence-electron chi connectivity index (χ1n) is 8.96. The van der Waals surface area contributed by atoms with Crippen molar-refractivity contribution in [2.75, 3.05) is 18.5 Å². The number of rotatable bonds is 9. The summed E-state index contributed by atoms with van der Waals surface area (Å²) in [4.78, 5) is 36.0. The number of para-hydroxylation sites is 1. The van der Waals surface area contributed by atoms with Crippen LogP contribution in [0, 0.1) is 0 Å². The van der Waals surface area contributed by atoms with E-state index >= 15 is 0 Å². The molecule has 0 saturated heterocycles. The van der Waals surface area contributed by atoms with E-state index in [1.54, 1.807) is 30.3 Å². The van der Waals surface area contributed by atoms with Gasteiger partial charge in [-0.1, -0.05) is 55.8 Å². The fraction of sp³-hybridized carbons (Fsp3) is 0.286. The minimum atomic E-state index is -0.652. The molecule has 0 radical (unpaired) electrons. The van der Waals surface area contributed by atoms with Gasteiger partial charge in [0, 0.05) is 12.2 Å². The molecule has 2 rings (SSSR count). The lowest BCUT2D eigenvalue weighted by Crippen LogP contribution is -2.35. The molecule has 6 nitrogen and oxygen atoms in total. The Bertz CT molecular complexity index is 775. The standard InChI is InChI=1S/C21H24N2O4/c1-2-3-13-22-18-12-8-7-11-17(18)21(26)27-15-20(25)23-19(24)14-16-9-5-4-6-10-16/h4-12,22H,2-3,13-15H2,1H3,(H,23,24,25). The van der Waals surface area contributed by atoms with Crippen molar-refractivity contribution in [3.8, 4) is 0 Å². The van der Waals surface area contributed by atoms with Crippen LogP contribution >= 0.6 is 0 Å². The lowest BCUT2D eigenvalue weighted by molar-refractivity contribution is -0.132. The van der Waals surface area contributed by atoms with Crippen LogP contribution in [0.2, 0.25) is 0 Å².